The van der Waals surface area contributed by atoms with E-state index in [2.05, 4.69) is 9.97 Å². The van der Waals surface area contributed by atoms with Gasteiger partial charge in [-0.2, -0.15) is 0 Å². The highest BCUT2D eigenvalue weighted by Crippen LogP contribution is 2.28. The van der Waals surface area contributed by atoms with Gasteiger partial charge in [0, 0.05) is 23.4 Å². The number of nitro groups is 1. The molecule has 0 amide bonds. The minimum absolute atomic E-state index is 0.0425. The van der Waals surface area contributed by atoms with Crippen molar-refractivity contribution >= 4 is 23.7 Å². The molecule has 0 saturated carbocycles. The van der Waals surface area contributed by atoms with Crippen molar-refractivity contribution in [2.24, 2.45) is 0 Å². The van der Waals surface area contributed by atoms with Gasteiger partial charge in [0.15, 0.2) is 11.4 Å². The van der Waals surface area contributed by atoms with Gasteiger partial charge in [0.05, 0.1) is 10.5 Å². The number of hydrogen-bond acceptors (Lipinski definition) is 6. The van der Waals surface area contributed by atoms with Crippen LogP contribution >= 0.6 is 11.8 Å². The fraction of sp³-hybridized carbons (Fsp3) is 0. The Balaban J connectivity index is 2.31. The predicted molar refractivity (Wildman–Crippen MR) is 64.6 cm³/mol. The summed E-state index contributed by atoms with van der Waals surface area (Å²) in [5.74, 6) is 0. The summed E-state index contributed by atoms with van der Waals surface area (Å²) in [5.41, 5.74) is -0.163. The molecular weight excluding hydrogens is 254 g/mol. The summed E-state index contributed by atoms with van der Waals surface area (Å²) in [6.45, 7) is 0. The van der Waals surface area contributed by atoms with Crippen LogP contribution in [0, 0.1) is 10.1 Å². The topological polar surface area (TPSA) is 86.0 Å². The molecule has 7 heteroatoms. The number of nitrogens with zero attached hydrogens (tertiary/aromatic N) is 3. The minimum Gasteiger partial charge on any atom is -0.298 e. The van der Waals surface area contributed by atoms with Gasteiger partial charge in [-0.1, -0.05) is 0 Å². The Morgan fingerprint density at radius 2 is 2.00 bits per heavy atom. The van der Waals surface area contributed by atoms with Crippen molar-refractivity contribution in [2.75, 3.05) is 0 Å². The van der Waals surface area contributed by atoms with Gasteiger partial charge in [-0.15, -0.1) is 0 Å². The van der Waals surface area contributed by atoms with Crippen molar-refractivity contribution in [3.63, 3.8) is 0 Å². The van der Waals surface area contributed by atoms with Crippen molar-refractivity contribution in [2.45, 2.75) is 10.1 Å². The van der Waals surface area contributed by atoms with Crippen LogP contribution in [0.1, 0.15) is 10.4 Å². The van der Waals surface area contributed by atoms with Gasteiger partial charge in [-0.25, -0.2) is 9.97 Å². The zero-order chi connectivity index (χ0) is 13.0. The lowest BCUT2D eigenvalue weighted by molar-refractivity contribution is -0.385. The van der Waals surface area contributed by atoms with Gasteiger partial charge in [-0.05, 0) is 30.0 Å². The molecule has 2 rings (SSSR count). The molecule has 0 spiro atoms. The Kier molecular flexibility index (Phi) is 3.63. The molecule has 0 aliphatic heterocycles. The van der Waals surface area contributed by atoms with Crippen LogP contribution < -0.4 is 0 Å². The van der Waals surface area contributed by atoms with Crippen LogP contribution in [-0.4, -0.2) is 21.2 Å². The van der Waals surface area contributed by atoms with E-state index in [-0.39, 0.29) is 11.3 Å². The van der Waals surface area contributed by atoms with Crippen molar-refractivity contribution < 1.29 is 9.72 Å². The molecule has 0 N–H and O–H groups in total. The van der Waals surface area contributed by atoms with E-state index in [1.165, 1.54) is 23.9 Å². The van der Waals surface area contributed by atoms with E-state index in [4.69, 9.17) is 0 Å². The maximum Gasteiger partial charge on any atom is 0.279 e. The SMILES string of the molecule is O=Cc1cc(Sc2ncccn2)ccc1[N+](=O)[O-]. The number of carbonyl (C=O) groups is 1. The third-order valence-electron chi connectivity index (χ3n) is 2.07. The molecule has 0 atom stereocenters. The Hall–Kier alpha value is -2.28. The van der Waals surface area contributed by atoms with Crippen LogP contribution in [0.3, 0.4) is 0 Å². The van der Waals surface area contributed by atoms with E-state index in [1.54, 1.807) is 24.5 Å². The number of carbonyl (C=O) groups excluding carboxylic acids is 1. The van der Waals surface area contributed by atoms with Gasteiger partial charge in [-0.3, -0.25) is 14.9 Å². The first kappa shape index (κ1) is 12.2. The second kappa shape index (κ2) is 5.37. The molecule has 1 aromatic heterocycles. The molecule has 6 nitrogen and oxygen atoms in total. The molecule has 90 valence electrons. The Labute approximate surface area is 106 Å². The normalized spacial score (nSPS) is 10.0. The summed E-state index contributed by atoms with van der Waals surface area (Å²) < 4.78 is 0. The summed E-state index contributed by atoms with van der Waals surface area (Å²) in [6, 6.07) is 6.00. The van der Waals surface area contributed by atoms with Gasteiger partial charge in [0.25, 0.3) is 5.69 Å². The third kappa shape index (κ3) is 2.69. The first-order valence-electron chi connectivity index (χ1n) is 4.89. The second-order valence-electron chi connectivity index (χ2n) is 3.23. The highest BCUT2D eigenvalue weighted by atomic mass is 32.2. The van der Waals surface area contributed by atoms with E-state index >= 15 is 0 Å². The Bertz CT molecular complexity index is 589. The number of benzene rings is 1. The monoisotopic (exact) mass is 261 g/mol. The number of nitro benzene ring substituents is 1. The number of rotatable bonds is 4. The molecule has 0 aliphatic rings. The van der Waals surface area contributed by atoms with Crippen LogP contribution in [-0.2, 0) is 0 Å². The maximum absolute atomic E-state index is 10.8. The highest BCUT2D eigenvalue weighted by Gasteiger charge is 2.14. The molecule has 0 saturated heterocycles. The van der Waals surface area contributed by atoms with Gasteiger partial charge in [0.1, 0.15) is 0 Å². The van der Waals surface area contributed by atoms with E-state index in [0.717, 1.165) is 0 Å². The number of hydrogen-bond donors (Lipinski definition) is 0. The quantitative estimate of drug-likeness (QED) is 0.363. The first-order valence-corrected chi connectivity index (χ1v) is 5.71. The van der Waals surface area contributed by atoms with Gasteiger partial charge < -0.3 is 0 Å². The van der Waals surface area contributed by atoms with E-state index in [0.29, 0.717) is 16.3 Å². The van der Waals surface area contributed by atoms with Crippen LogP contribution in [0.15, 0.2) is 46.7 Å². The van der Waals surface area contributed by atoms with E-state index < -0.39 is 4.92 Å². The van der Waals surface area contributed by atoms with E-state index in [1.807, 2.05) is 0 Å². The average molecular weight is 261 g/mol. The van der Waals surface area contributed by atoms with Crippen molar-refractivity contribution in [3.05, 3.63) is 52.3 Å². The zero-order valence-electron chi connectivity index (χ0n) is 9.02. The first-order chi connectivity index (χ1) is 8.70. The smallest absolute Gasteiger partial charge is 0.279 e. The third-order valence-corrected chi connectivity index (χ3v) is 2.96. The Morgan fingerprint density at radius 3 is 2.61 bits per heavy atom. The zero-order valence-corrected chi connectivity index (χ0v) is 9.83. The van der Waals surface area contributed by atoms with Crippen LogP contribution in [0.4, 0.5) is 5.69 Å². The summed E-state index contributed by atoms with van der Waals surface area (Å²) in [5, 5.41) is 11.2. The highest BCUT2D eigenvalue weighted by molar-refractivity contribution is 7.99. The van der Waals surface area contributed by atoms with Crippen LogP contribution in [0.5, 0.6) is 0 Å². The molecule has 0 fully saturated rings. The number of aldehydes is 1. The summed E-state index contributed by atoms with van der Waals surface area (Å²) in [6.07, 6.45) is 3.66. The van der Waals surface area contributed by atoms with Crippen LogP contribution in [0.2, 0.25) is 0 Å². The molecule has 2 aromatic rings. The van der Waals surface area contributed by atoms with Crippen LogP contribution in [0.25, 0.3) is 0 Å². The summed E-state index contributed by atoms with van der Waals surface area (Å²) in [4.78, 5) is 29.6. The largest absolute Gasteiger partial charge is 0.298 e. The molecule has 0 radical (unpaired) electrons. The van der Waals surface area contributed by atoms with Crippen molar-refractivity contribution in [3.8, 4) is 0 Å². The molecular formula is C11H7N3O3S. The lowest BCUT2D eigenvalue weighted by Gasteiger charge is -2.01. The molecule has 0 bridgehead atoms. The fourth-order valence-corrected chi connectivity index (χ4v) is 2.06. The lowest BCUT2D eigenvalue weighted by Crippen LogP contribution is -1.94. The van der Waals surface area contributed by atoms with Gasteiger partial charge >= 0.3 is 0 Å². The average Bonchev–Trinajstić information content (AvgIpc) is 2.39. The van der Waals surface area contributed by atoms with Crippen molar-refractivity contribution in [1.82, 2.24) is 9.97 Å². The maximum atomic E-state index is 10.8. The Morgan fingerprint density at radius 1 is 1.28 bits per heavy atom. The minimum atomic E-state index is -0.586. The van der Waals surface area contributed by atoms with Gasteiger partial charge in [0.2, 0.25) is 0 Å². The predicted octanol–water partition coefficient (Wildman–Crippen LogP) is 2.35. The molecule has 0 aliphatic carbocycles. The summed E-state index contributed by atoms with van der Waals surface area (Å²) in [7, 11) is 0. The summed E-state index contributed by atoms with van der Waals surface area (Å²) >= 11 is 1.23. The fourth-order valence-electron chi connectivity index (χ4n) is 1.30. The van der Waals surface area contributed by atoms with E-state index in [9.17, 15) is 14.9 Å². The second-order valence-corrected chi connectivity index (χ2v) is 4.27. The molecule has 18 heavy (non-hydrogen) atoms. The number of aromatic nitrogens is 2. The standard InChI is InChI=1S/C11H7N3O3S/c15-7-8-6-9(2-3-10(8)14(16)17)18-11-12-4-1-5-13-11/h1-7H. The van der Waals surface area contributed by atoms with Crippen molar-refractivity contribution in [1.29, 1.82) is 0 Å². The molecule has 1 aromatic carbocycles. The lowest BCUT2D eigenvalue weighted by atomic mass is 10.2. The molecule has 0 unspecified atom stereocenters. The molecule has 1 heterocycles.